The number of aromatic amines is 2. The van der Waals surface area contributed by atoms with Crippen molar-refractivity contribution < 1.29 is 9.18 Å². The molecule has 1 heterocycles. The van der Waals surface area contributed by atoms with Gasteiger partial charge in [0.15, 0.2) is 0 Å². The number of amides is 1. The van der Waals surface area contributed by atoms with Crippen LogP contribution < -0.4 is 11.0 Å². The van der Waals surface area contributed by atoms with Gasteiger partial charge in [-0.3, -0.25) is 14.7 Å². The van der Waals surface area contributed by atoms with Crippen molar-refractivity contribution in [2.75, 3.05) is 0 Å². The maximum Gasteiger partial charge on any atom is 0.267 e. The van der Waals surface area contributed by atoms with Gasteiger partial charge < -0.3 is 5.10 Å². The second-order valence-electron chi connectivity index (χ2n) is 4.29. The highest BCUT2D eigenvalue weighted by atomic mass is 35.5. The van der Waals surface area contributed by atoms with Gasteiger partial charge >= 0.3 is 0 Å². The molecule has 8 heteroatoms. The molecule has 0 saturated carbocycles. The molecule has 0 saturated heterocycles. The minimum absolute atomic E-state index is 0.0788. The summed E-state index contributed by atoms with van der Waals surface area (Å²) in [4.78, 5) is 23.0. The second-order valence-corrected chi connectivity index (χ2v) is 4.70. The number of nitrogens with zero attached hydrogens (tertiary/aromatic N) is 1. The molecule has 6 nitrogen and oxygen atoms in total. The zero-order valence-electron chi connectivity index (χ0n) is 11.0. The molecule has 1 amide bonds. The standard InChI is InChI=1S/C13H12ClFN4O2/c1-7-8(13(21)19-17-7)5-12(20)18-16-6-9-10(14)3-2-4-11(9)15/h2-4,6H,5H2,1H3,(H,18,20)(H2,17,19,21)/b16-6+. The highest BCUT2D eigenvalue weighted by Crippen LogP contribution is 2.16. The Balaban J connectivity index is 2.02. The van der Waals surface area contributed by atoms with E-state index in [1.807, 2.05) is 0 Å². The predicted octanol–water partition coefficient (Wildman–Crippen LogP) is 1.50. The Kier molecular flexibility index (Phi) is 4.54. The Morgan fingerprint density at radius 1 is 1.48 bits per heavy atom. The highest BCUT2D eigenvalue weighted by Gasteiger charge is 2.11. The van der Waals surface area contributed by atoms with Gasteiger partial charge in [-0.25, -0.2) is 9.82 Å². The van der Waals surface area contributed by atoms with E-state index in [0.717, 1.165) is 6.21 Å². The van der Waals surface area contributed by atoms with E-state index in [0.29, 0.717) is 11.3 Å². The van der Waals surface area contributed by atoms with E-state index >= 15 is 0 Å². The third-order valence-electron chi connectivity index (χ3n) is 2.81. The van der Waals surface area contributed by atoms with Crippen LogP contribution in [0, 0.1) is 12.7 Å². The number of H-pyrrole nitrogens is 2. The molecule has 110 valence electrons. The summed E-state index contributed by atoms with van der Waals surface area (Å²) in [6.07, 6.45) is 0.983. The van der Waals surface area contributed by atoms with Crippen LogP contribution in [0.25, 0.3) is 0 Å². The summed E-state index contributed by atoms with van der Waals surface area (Å²) in [5.74, 6) is -1.04. The van der Waals surface area contributed by atoms with E-state index in [9.17, 15) is 14.0 Å². The van der Waals surface area contributed by atoms with Crippen LogP contribution in [0.4, 0.5) is 4.39 Å². The maximum atomic E-state index is 13.4. The van der Waals surface area contributed by atoms with Gasteiger partial charge in [0.2, 0.25) is 5.91 Å². The van der Waals surface area contributed by atoms with Crippen molar-refractivity contribution in [2.45, 2.75) is 13.3 Å². The number of hydrogen-bond acceptors (Lipinski definition) is 3. The van der Waals surface area contributed by atoms with Crippen molar-refractivity contribution in [1.82, 2.24) is 15.6 Å². The SMILES string of the molecule is Cc1[nH][nH]c(=O)c1CC(=O)N/N=C/c1c(F)cccc1Cl. The molecule has 0 radical (unpaired) electrons. The van der Waals surface area contributed by atoms with Crippen molar-refractivity contribution in [3.8, 4) is 0 Å². The first-order valence-electron chi connectivity index (χ1n) is 6.01. The average Bonchev–Trinajstić information content (AvgIpc) is 2.74. The number of benzene rings is 1. The maximum absolute atomic E-state index is 13.4. The van der Waals surface area contributed by atoms with E-state index in [1.54, 1.807) is 6.92 Å². The Hall–Kier alpha value is -2.41. The van der Waals surface area contributed by atoms with E-state index in [4.69, 9.17) is 11.6 Å². The van der Waals surface area contributed by atoms with Gasteiger partial charge in [0.05, 0.1) is 17.7 Å². The monoisotopic (exact) mass is 310 g/mol. The average molecular weight is 311 g/mol. The smallest absolute Gasteiger partial charge is 0.267 e. The number of rotatable bonds is 4. The molecule has 2 aromatic rings. The summed E-state index contributed by atoms with van der Waals surface area (Å²) in [5.41, 5.74) is 2.84. The first-order chi connectivity index (χ1) is 9.99. The summed E-state index contributed by atoms with van der Waals surface area (Å²) in [6.45, 7) is 1.67. The minimum atomic E-state index is -0.543. The zero-order chi connectivity index (χ0) is 15.4. The Morgan fingerprint density at radius 3 is 2.86 bits per heavy atom. The molecule has 0 bridgehead atoms. The molecule has 0 atom stereocenters. The lowest BCUT2D eigenvalue weighted by Gasteiger charge is -2.00. The molecule has 0 spiro atoms. The number of carbonyl (C=O) groups is 1. The van der Waals surface area contributed by atoms with Crippen LogP contribution in [-0.2, 0) is 11.2 Å². The molecule has 1 aromatic heterocycles. The molecule has 0 aliphatic carbocycles. The molecule has 2 rings (SSSR count). The number of hydrogen-bond donors (Lipinski definition) is 3. The summed E-state index contributed by atoms with van der Waals surface area (Å²) in [7, 11) is 0. The molecule has 0 unspecified atom stereocenters. The van der Waals surface area contributed by atoms with Crippen LogP contribution in [-0.4, -0.2) is 22.3 Å². The van der Waals surface area contributed by atoms with Crippen LogP contribution in [0.1, 0.15) is 16.8 Å². The van der Waals surface area contributed by atoms with Gasteiger partial charge in [-0.1, -0.05) is 17.7 Å². The first kappa shape index (κ1) is 15.0. The molecule has 0 aliphatic rings. The normalized spacial score (nSPS) is 11.0. The van der Waals surface area contributed by atoms with Crippen molar-refractivity contribution in [1.29, 1.82) is 0 Å². The molecular formula is C13H12ClFN4O2. The fourth-order valence-electron chi connectivity index (χ4n) is 1.69. The zero-order valence-corrected chi connectivity index (χ0v) is 11.8. The van der Waals surface area contributed by atoms with Crippen molar-refractivity contribution in [3.63, 3.8) is 0 Å². The lowest BCUT2D eigenvalue weighted by molar-refractivity contribution is -0.120. The van der Waals surface area contributed by atoms with Gasteiger partial charge in [0.25, 0.3) is 5.56 Å². The number of halogens is 2. The number of carbonyl (C=O) groups excluding carboxylic acids is 1. The van der Waals surface area contributed by atoms with Crippen LogP contribution in [0.15, 0.2) is 28.1 Å². The summed E-state index contributed by atoms with van der Waals surface area (Å²) in [6, 6.07) is 4.21. The largest absolute Gasteiger partial charge is 0.302 e. The summed E-state index contributed by atoms with van der Waals surface area (Å²) < 4.78 is 13.4. The molecule has 0 fully saturated rings. The Morgan fingerprint density at radius 2 is 2.24 bits per heavy atom. The molecule has 1 aromatic carbocycles. The van der Waals surface area contributed by atoms with Gasteiger partial charge in [0.1, 0.15) is 5.82 Å². The fraction of sp³-hybridized carbons (Fsp3) is 0.154. The van der Waals surface area contributed by atoms with Crippen molar-refractivity contribution in [2.24, 2.45) is 5.10 Å². The van der Waals surface area contributed by atoms with Crippen LogP contribution in [0.2, 0.25) is 5.02 Å². The van der Waals surface area contributed by atoms with Gasteiger partial charge in [-0.15, -0.1) is 0 Å². The third-order valence-corrected chi connectivity index (χ3v) is 3.14. The van der Waals surface area contributed by atoms with Crippen LogP contribution in [0.3, 0.4) is 0 Å². The quantitative estimate of drug-likeness (QED) is 0.590. The van der Waals surface area contributed by atoms with Crippen LogP contribution in [0.5, 0.6) is 0 Å². The van der Waals surface area contributed by atoms with Crippen molar-refractivity contribution in [3.05, 3.63) is 56.2 Å². The molecule has 21 heavy (non-hydrogen) atoms. The van der Waals surface area contributed by atoms with E-state index < -0.39 is 11.7 Å². The number of hydrazone groups is 1. The second kappa shape index (κ2) is 6.36. The van der Waals surface area contributed by atoms with E-state index in [1.165, 1.54) is 18.2 Å². The topological polar surface area (TPSA) is 90.1 Å². The number of aryl methyl sites for hydroxylation is 1. The lowest BCUT2D eigenvalue weighted by atomic mass is 10.2. The summed E-state index contributed by atoms with van der Waals surface area (Å²) >= 11 is 5.81. The Bertz CT molecular complexity index is 731. The molecule has 0 aliphatic heterocycles. The fourth-order valence-corrected chi connectivity index (χ4v) is 1.90. The lowest BCUT2D eigenvalue weighted by Crippen LogP contribution is -2.23. The van der Waals surface area contributed by atoms with Gasteiger partial charge in [-0.05, 0) is 19.1 Å². The van der Waals surface area contributed by atoms with Gasteiger partial charge in [0, 0.05) is 16.8 Å². The van der Waals surface area contributed by atoms with E-state index in [-0.39, 0.29) is 22.6 Å². The number of nitrogens with one attached hydrogen (secondary N) is 3. The van der Waals surface area contributed by atoms with E-state index in [2.05, 4.69) is 20.7 Å². The Labute approximate surface area is 124 Å². The van der Waals surface area contributed by atoms with Crippen LogP contribution >= 0.6 is 11.6 Å². The van der Waals surface area contributed by atoms with Crippen molar-refractivity contribution >= 4 is 23.7 Å². The number of aromatic nitrogens is 2. The first-order valence-corrected chi connectivity index (χ1v) is 6.39. The highest BCUT2D eigenvalue weighted by molar-refractivity contribution is 6.33. The van der Waals surface area contributed by atoms with Gasteiger partial charge in [-0.2, -0.15) is 5.10 Å². The predicted molar refractivity (Wildman–Crippen MR) is 77.0 cm³/mol. The third kappa shape index (κ3) is 3.57. The molecular weight excluding hydrogens is 299 g/mol. The summed E-state index contributed by atoms with van der Waals surface area (Å²) in [5, 5.41) is 8.81. The molecule has 3 N–H and O–H groups in total. The minimum Gasteiger partial charge on any atom is -0.302 e.